The molecule has 4 nitrogen and oxygen atoms in total. The lowest BCUT2D eigenvalue weighted by atomic mass is 9.78. The molecule has 0 aromatic heterocycles. The molecule has 0 radical (unpaired) electrons. The Balaban J connectivity index is 1.92. The fraction of sp³-hybridized carbons (Fsp3) is 0.632. The summed E-state index contributed by atoms with van der Waals surface area (Å²) in [5.41, 5.74) is 0.440. The second kappa shape index (κ2) is 7.87. The third-order valence-electron chi connectivity index (χ3n) is 4.98. The number of rotatable bonds is 7. The Morgan fingerprint density at radius 1 is 1.16 bits per heavy atom. The summed E-state index contributed by atoms with van der Waals surface area (Å²) in [5.74, 6) is -0.456. The first-order valence-electron chi connectivity index (χ1n) is 8.96. The highest BCUT2D eigenvalue weighted by Crippen LogP contribution is 2.36. The van der Waals surface area contributed by atoms with Crippen LogP contribution in [0.1, 0.15) is 59.4 Å². The van der Waals surface area contributed by atoms with Gasteiger partial charge in [-0.2, -0.15) is 0 Å². The van der Waals surface area contributed by atoms with Crippen molar-refractivity contribution in [2.24, 2.45) is 0 Å². The van der Waals surface area contributed by atoms with Crippen LogP contribution in [-0.4, -0.2) is 30.9 Å². The number of carbonyl (C=O) groups excluding carboxylic acids is 1. The zero-order valence-electron chi connectivity index (χ0n) is 15.9. The van der Waals surface area contributed by atoms with E-state index in [4.69, 9.17) is 14.0 Å². The molecule has 1 aliphatic rings. The normalized spacial score (nSPS) is 18.4. The zero-order valence-corrected chi connectivity index (χ0v) is 15.9. The van der Waals surface area contributed by atoms with E-state index in [9.17, 15) is 9.18 Å². The lowest BCUT2D eigenvalue weighted by Gasteiger charge is -2.32. The molecule has 0 spiro atoms. The average molecular weight is 350 g/mol. The molecule has 138 valence electrons. The topological polar surface area (TPSA) is 44.8 Å². The van der Waals surface area contributed by atoms with Crippen LogP contribution >= 0.6 is 0 Å². The molecule has 0 unspecified atom stereocenters. The van der Waals surface area contributed by atoms with E-state index in [-0.39, 0.29) is 11.8 Å². The molecular formula is C19H28BFO4. The Kier molecular flexibility index (Phi) is 6.28. The number of esters is 1. The molecular weight excluding hydrogens is 322 g/mol. The van der Waals surface area contributed by atoms with Gasteiger partial charge in [-0.25, -0.2) is 4.39 Å². The molecule has 0 atom stereocenters. The summed E-state index contributed by atoms with van der Waals surface area (Å²) in [5, 5.41) is 0. The van der Waals surface area contributed by atoms with Crippen LogP contribution in [0, 0.1) is 5.82 Å². The van der Waals surface area contributed by atoms with Gasteiger partial charge in [-0.15, -0.1) is 0 Å². The van der Waals surface area contributed by atoms with Crippen LogP contribution in [0.15, 0.2) is 18.2 Å². The molecule has 25 heavy (non-hydrogen) atoms. The molecule has 0 amide bonds. The maximum absolute atomic E-state index is 14.4. The predicted octanol–water partition coefficient (Wildman–Crippen LogP) is 3.40. The van der Waals surface area contributed by atoms with Crippen LogP contribution in [-0.2, 0) is 25.3 Å². The second-order valence-electron chi connectivity index (χ2n) is 7.45. The minimum Gasteiger partial charge on any atom is -0.466 e. The van der Waals surface area contributed by atoms with Crippen molar-refractivity contribution in [3.8, 4) is 0 Å². The minimum absolute atomic E-state index is 0.195. The Hall–Kier alpha value is -1.40. The smallest absolute Gasteiger partial charge is 0.466 e. The van der Waals surface area contributed by atoms with Crippen molar-refractivity contribution >= 4 is 18.6 Å². The lowest BCUT2D eigenvalue weighted by molar-refractivity contribution is -0.143. The summed E-state index contributed by atoms with van der Waals surface area (Å²) in [6, 6.07) is 5.12. The first-order chi connectivity index (χ1) is 11.7. The number of ether oxygens (including phenoxy) is 1. The van der Waals surface area contributed by atoms with Crippen LogP contribution in [0.2, 0.25) is 0 Å². The van der Waals surface area contributed by atoms with Gasteiger partial charge in [0.05, 0.1) is 17.8 Å². The molecule has 0 N–H and O–H groups in total. The second-order valence-corrected chi connectivity index (χ2v) is 7.45. The maximum atomic E-state index is 14.4. The lowest BCUT2D eigenvalue weighted by Crippen LogP contribution is -2.41. The van der Waals surface area contributed by atoms with E-state index in [1.165, 1.54) is 6.07 Å². The van der Waals surface area contributed by atoms with E-state index >= 15 is 0 Å². The average Bonchev–Trinajstić information content (AvgIpc) is 2.73. The van der Waals surface area contributed by atoms with E-state index < -0.39 is 18.3 Å². The van der Waals surface area contributed by atoms with E-state index in [2.05, 4.69) is 0 Å². The largest absolute Gasteiger partial charge is 0.494 e. The van der Waals surface area contributed by atoms with Gasteiger partial charge in [0.15, 0.2) is 0 Å². The molecule has 0 saturated carbocycles. The summed E-state index contributed by atoms with van der Waals surface area (Å²) < 4.78 is 31.2. The van der Waals surface area contributed by atoms with Crippen LogP contribution in [0.4, 0.5) is 4.39 Å². The standard InChI is InChI=1S/C19H28BFO4/c1-6-23-17(22)10-8-7-9-14-11-12-15(13-16(14)21)20-24-18(2,3)19(4,5)25-20/h11-13H,6-10H2,1-5H3. The molecule has 6 heteroatoms. The number of aryl methyl sites for hydroxylation is 1. The minimum atomic E-state index is -0.558. The predicted molar refractivity (Wildman–Crippen MR) is 96.3 cm³/mol. The number of hydrogen-bond donors (Lipinski definition) is 0. The molecule has 1 aromatic rings. The van der Waals surface area contributed by atoms with Gasteiger partial charge < -0.3 is 14.0 Å². The van der Waals surface area contributed by atoms with Crippen LogP contribution < -0.4 is 5.46 Å². The molecule has 0 aliphatic carbocycles. The summed E-state index contributed by atoms with van der Waals surface area (Å²) in [6.45, 7) is 10.1. The van der Waals surface area contributed by atoms with Gasteiger partial charge in [-0.05, 0) is 71.0 Å². The third-order valence-corrected chi connectivity index (χ3v) is 4.98. The van der Waals surface area contributed by atoms with E-state index in [0.29, 0.717) is 36.9 Å². The fourth-order valence-corrected chi connectivity index (χ4v) is 2.71. The first kappa shape index (κ1) is 19.9. The Bertz CT molecular complexity index is 599. The van der Waals surface area contributed by atoms with Gasteiger partial charge in [0.1, 0.15) is 5.82 Å². The molecule has 1 aliphatic heterocycles. The summed E-state index contributed by atoms with van der Waals surface area (Å²) in [7, 11) is -0.558. The van der Waals surface area contributed by atoms with Crippen LogP contribution in [0.25, 0.3) is 0 Å². The first-order valence-corrected chi connectivity index (χ1v) is 8.96. The monoisotopic (exact) mass is 350 g/mol. The number of unbranched alkanes of at least 4 members (excludes halogenated alkanes) is 1. The summed E-state index contributed by atoms with van der Waals surface area (Å²) >= 11 is 0. The highest BCUT2D eigenvalue weighted by molar-refractivity contribution is 6.62. The van der Waals surface area contributed by atoms with Crippen molar-refractivity contribution in [2.75, 3.05) is 6.61 Å². The van der Waals surface area contributed by atoms with Crippen molar-refractivity contribution in [1.29, 1.82) is 0 Å². The summed E-state index contributed by atoms with van der Waals surface area (Å²) in [4.78, 5) is 11.3. The van der Waals surface area contributed by atoms with Gasteiger partial charge in [-0.3, -0.25) is 4.79 Å². The highest BCUT2D eigenvalue weighted by atomic mass is 19.1. The van der Waals surface area contributed by atoms with Gasteiger partial charge >= 0.3 is 13.1 Å². The zero-order chi connectivity index (χ0) is 18.7. The van der Waals surface area contributed by atoms with E-state index in [0.717, 1.165) is 6.42 Å². The quantitative estimate of drug-likeness (QED) is 0.430. The van der Waals surface area contributed by atoms with Gasteiger partial charge in [0, 0.05) is 6.42 Å². The Morgan fingerprint density at radius 2 is 1.80 bits per heavy atom. The number of carbonyl (C=O) groups is 1. The molecule has 0 bridgehead atoms. The van der Waals surface area contributed by atoms with Crippen molar-refractivity contribution in [1.82, 2.24) is 0 Å². The number of hydrogen-bond acceptors (Lipinski definition) is 4. The van der Waals surface area contributed by atoms with Crippen molar-refractivity contribution in [3.05, 3.63) is 29.6 Å². The van der Waals surface area contributed by atoms with Gasteiger partial charge in [-0.1, -0.05) is 12.1 Å². The van der Waals surface area contributed by atoms with Crippen molar-refractivity contribution < 1.29 is 23.2 Å². The van der Waals surface area contributed by atoms with Crippen LogP contribution in [0.3, 0.4) is 0 Å². The SMILES string of the molecule is CCOC(=O)CCCCc1ccc(B2OC(C)(C)C(C)(C)O2)cc1F. The van der Waals surface area contributed by atoms with Crippen molar-refractivity contribution in [2.45, 2.75) is 71.5 Å². The van der Waals surface area contributed by atoms with Gasteiger partial charge in [0.25, 0.3) is 0 Å². The van der Waals surface area contributed by atoms with Crippen LogP contribution in [0.5, 0.6) is 0 Å². The van der Waals surface area contributed by atoms with E-state index in [1.807, 2.05) is 33.8 Å². The highest BCUT2D eigenvalue weighted by Gasteiger charge is 2.51. The molecule has 1 saturated heterocycles. The maximum Gasteiger partial charge on any atom is 0.494 e. The van der Waals surface area contributed by atoms with E-state index in [1.54, 1.807) is 13.0 Å². The summed E-state index contributed by atoms with van der Waals surface area (Å²) in [6.07, 6.45) is 2.40. The molecule has 1 fully saturated rings. The Morgan fingerprint density at radius 3 is 2.36 bits per heavy atom. The number of benzene rings is 1. The third kappa shape index (κ3) is 4.82. The van der Waals surface area contributed by atoms with Crippen molar-refractivity contribution in [3.63, 3.8) is 0 Å². The van der Waals surface area contributed by atoms with Gasteiger partial charge in [0.2, 0.25) is 0 Å². The Labute approximate surface area is 150 Å². The molecule has 1 heterocycles. The molecule has 2 rings (SSSR count). The number of halogens is 1. The fourth-order valence-electron chi connectivity index (χ4n) is 2.71. The molecule has 1 aromatic carbocycles.